The molecular formula is C9H16N4S. The van der Waals surface area contributed by atoms with Crippen molar-refractivity contribution in [2.45, 2.75) is 45.2 Å². The van der Waals surface area contributed by atoms with E-state index in [4.69, 9.17) is 12.2 Å². The number of nitrogens with zero attached hydrogens (tertiary/aromatic N) is 3. The third-order valence-corrected chi connectivity index (χ3v) is 3.21. The Hall–Kier alpha value is -0.840. The smallest absolute Gasteiger partial charge is 0.214 e. The second kappa shape index (κ2) is 3.73. The van der Waals surface area contributed by atoms with Gasteiger partial charge in [0, 0.05) is 12.1 Å². The highest BCUT2D eigenvalue weighted by Crippen LogP contribution is 2.20. The van der Waals surface area contributed by atoms with Crippen molar-refractivity contribution < 1.29 is 0 Å². The van der Waals surface area contributed by atoms with E-state index in [1.165, 1.54) is 19.3 Å². The Balaban J connectivity index is 2.31. The largest absolute Gasteiger partial charge is 0.304 e. The number of hydrogen-bond donors (Lipinski definition) is 1. The summed E-state index contributed by atoms with van der Waals surface area (Å²) in [6.45, 7) is 4.48. The van der Waals surface area contributed by atoms with Crippen LogP contribution in [-0.4, -0.2) is 27.0 Å². The van der Waals surface area contributed by atoms with Gasteiger partial charge in [0.1, 0.15) is 6.33 Å². The lowest BCUT2D eigenvalue weighted by Gasteiger charge is -2.40. The van der Waals surface area contributed by atoms with Crippen LogP contribution in [0, 0.1) is 4.77 Å². The summed E-state index contributed by atoms with van der Waals surface area (Å²) >= 11 is 5.18. The van der Waals surface area contributed by atoms with E-state index in [-0.39, 0.29) is 0 Å². The second-order valence-electron chi connectivity index (χ2n) is 4.02. The predicted molar refractivity (Wildman–Crippen MR) is 58.4 cm³/mol. The number of hydrogen-bond acceptors (Lipinski definition) is 3. The fourth-order valence-corrected chi connectivity index (χ4v) is 2.43. The van der Waals surface area contributed by atoms with Gasteiger partial charge in [-0.15, -0.1) is 0 Å². The van der Waals surface area contributed by atoms with E-state index < -0.39 is 0 Å². The van der Waals surface area contributed by atoms with Crippen molar-refractivity contribution in [1.29, 1.82) is 0 Å². The maximum Gasteiger partial charge on any atom is 0.214 e. The third-order valence-electron chi connectivity index (χ3n) is 2.93. The molecule has 2 atom stereocenters. The number of H-pyrrole nitrogens is 1. The molecule has 1 saturated heterocycles. The van der Waals surface area contributed by atoms with Gasteiger partial charge in [-0.1, -0.05) is 0 Å². The zero-order valence-electron chi connectivity index (χ0n) is 8.60. The highest BCUT2D eigenvalue weighted by molar-refractivity contribution is 7.71. The zero-order valence-corrected chi connectivity index (χ0v) is 9.42. The van der Waals surface area contributed by atoms with Crippen LogP contribution in [0.25, 0.3) is 0 Å². The molecule has 1 aliphatic heterocycles. The summed E-state index contributed by atoms with van der Waals surface area (Å²) in [5, 5.41) is 9.07. The molecule has 0 bridgehead atoms. The van der Waals surface area contributed by atoms with Crippen LogP contribution < -0.4 is 5.01 Å². The van der Waals surface area contributed by atoms with Crippen molar-refractivity contribution in [3.8, 4) is 0 Å². The monoisotopic (exact) mass is 212 g/mol. The van der Waals surface area contributed by atoms with Gasteiger partial charge in [0.2, 0.25) is 4.77 Å². The van der Waals surface area contributed by atoms with Gasteiger partial charge in [0.05, 0.1) is 0 Å². The van der Waals surface area contributed by atoms with Gasteiger partial charge < -0.3 is 5.01 Å². The molecule has 2 heterocycles. The lowest BCUT2D eigenvalue weighted by Crippen LogP contribution is -2.50. The molecule has 0 aliphatic carbocycles. The highest BCUT2D eigenvalue weighted by Gasteiger charge is 2.25. The molecule has 0 radical (unpaired) electrons. The van der Waals surface area contributed by atoms with Crippen LogP contribution >= 0.6 is 12.2 Å². The molecule has 1 aliphatic rings. The van der Waals surface area contributed by atoms with Crippen molar-refractivity contribution in [2.24, 2.45) is 0 Å². The van der Waals surface area contributed by atoms with E-state index in [1.807, 2.05) is 4.68 Å². The topological polar surface area (TPSA) is 36.9 Å². The van der Waals surface area contributed by atoms with Crippen molar-refractivity contribution in [3.05, 3.63) is 11.1 Å². The molecule has 1 N–H and O–H groups in total. The molecular weight excluding hydrogens is 196 g/mol. The Morgan fingerprint density at radius 3 is 2.57 bits per heavy atom. The fraction of sp³-hybridized carbons (Fsp3) is 0.778. The Morgan fingerprint density at radius 1 is 1.43 bits per heavy atom. The molecule has 0 aromatic carbocycles. The van der Waals surface area contributed by atoms with E-state index >= 15 is 0 Å². The average Bonchev–Trinajstić information content (AvgIpc) is 2.52. The minimum Gasteiger partial charge on any atom is -0.304 e. The lowest BCUT2D eigenvalue weighted by atomic mass is 10.00. The molecule has 2 rings (SSSR count). The van der Waals surface area contributed by atoms with Crippen LogP contribution in [0.3, 0.4) is 0 Å². The number of piperidine rings is 1. The first kappa shape index (κ1) is 9.71. The molecule has 0 saturated carbocycles. The summed E-state index contributed by atoms with van der Waals surface area (Å²) in [6, 6.07) is 1.09. The van der Waals surface area contributed by atoms with Crippen LogP contribution in [-0.2, 0) is 0 Å². The van der Waals surface area contributed by atoms with Crippen LogP contribution in [0.1, 0.15) is 33.1 Å². The first-order chi connectivity index (χ1) is 6.70. The number of rotatable bonds is 1. The molecule has 2 unspecified atom stereocenters. The van der Waals surface area contributed by atoms with E-state index in [1.54, 1.807) is 6.33 Å². The van der Waals surface area contributed by atoms with Crippen LogP contribution in [0.2, 0.25) is 0 Å². The normalized spacial score (nSPS) is 28.0. The van der Waals surface area contributed by atoms with Gasteiger partial charge in [-0.25, -0.2) is 4.68 Å². The summed E-state index contributed by atoms with van der Waals surface area (Å²) in [4.78, 5) is 0. The van der Waals surface area contributed by atoms with E-state index in [0.29, 0.717) is 16.9 Å². The average molecular weight is 212 g/mol. The Labute approximate surface area is 88.9 Å². The molecule has 1 fully saturated rings. The molecule has 1 aromatic rings. The van der Waals surface area contributed by atoms with E-state index in [9.17, 15) is 0 Å². The van der Waals surface area contributed by atoms with Gasteiger partial charge in [0.15, 0.2) is 0 Å². The lowest BCUT2D eigenvalue weighted by molar-refractivity contribution is 0.334. The van der Waals surface area contributed by atoms with E-state index in [2.05, 4.69) is 29.1 Å². The molecule has 1 aromatic heterocycles. The number of nitrogens with one attached hydrogen (secondary N) is 1. The Kier molecular flexibility index (Phi) is 2.58. The van der Waals surface area contributed by atoms with Crippen LogP contribution in [0.5, 0.6) is 0 Å². The standard InChI is InChI=1S/C9H16N4S/c1-7-4-3-5-8(2)13(7)12-6-10-11-9(12)14/h6-8H,3-5H2,1-2H3,(H,11,14). The van der Waals surface area contributed by atoms with Gasteiger partial charge in [-0.2, -0.15) is 5.10 Å². The summed E-state index contributed by atoms with van der Waals surface area (Å²) < 4.78 is 2.65. The van der Waals surface area contributed by atoms with Crippen molar-refractivity contribution in [3.63, 3.8) is 0 Å². The maximum atomic E-state index is 5.18. The molecule has 14 heavy (non-hydrogen) atoms. The molecule has 0 spiro atoms. The van der Waals surface area contributed by atoms with Gasteiger partial charge in [0.25, 0.3) is 0 Å². The molecule has 4 nitrogen and oxygen atoms in total. The fourth-order valence-electron chi connectivity index (χ4n) is 2.24. The number of aromatic amines is 1. The minimum absolute atomic E-state index is 0.544. The third kappa shape index (κ3) is 1.56. The maximum absolute atomic E-state index is 5.18. The summed E-state index contributed by atoms with van der Waals surface area (Å²) in [6.07, 6.45) is 5.54. The van der Waals surface area contributed by atoms with Gasteiger partial charge >= 0.3 is 0 Å². The summed E-state index contributed by atoms with van der Waals surface area (Å²) in [5.74, 6) is 0. The summed E-state index contributed by atoms with van der Waals surface area (Å²) in [5.41, 5.74) is 0. The SMILES string of the molecule is CC1CCCC(C)N1n1cn[nH]c1=S. The Bertz CT molecular complexity index is 346. The van der Waals surface area contributed by atoms with Crippen molar-refractivity contribution in [2.75, 3.05) is 5.01 Å². The molecule has 0 amide bonds. The zero-order chi connectivity index (χ0) is 10.1. The van der Waals surface area contributed by atoms with Crippen molar-refractivity contribution in [1.82, 2.24) is 14.9 Å². The molecule has 78 valence electrons. The van der Waals surface area contributed by atoms with Crippen LogP contribution in [0.4, 0.5) is 0 Å². The first-order valence-corrected chi connectivity index (χ1v) is 5.51. The Morgan fingerprint density at radius 2 is 2.07 bits per heavy atom. The summed E-state index contributed by atoms with van der Waals surface area (Å²) in [7, 11) is 0. The minimum atomic E-state index is 0.544. The first-order valence-electron chi connectivity index (χ1n) is 5.11. The predicted octanol–water partition coefficient (Wildman–Crippen LogP) is 1.84. The van der Waals surface area contributed by atoms with Gasteiger partial charge in [-0.3, -0.25) is 5.10 Å². The highest BCUT2D eigenvalue weighted by atomic mass is 32.1. The van der Waals surface area contributed by atoms with Crippen molar-refractivity contribution >= 4 is 12.2 Å². The number of aromatic nitrogens is 3. The van der Waals surface area contributed by atoms with E-state index in [0.717, 1.165) is 0 Å². The quantitative estimate of drug-likeness (QED) is 0.722. The molecule has 5 heteroatoms. The van der Waals surface area contributed by atoms with Gasteiger partial charge in [-0.05, 0) is 45.3 Å². The van der Waals surface area contributed by atoms with Crippen LogP contribution in [0.15, 0.2) is 6.33 Å². The second-order valence-corrected chi connectivity index (χ2v) is 4.40.